The molecule has 0 aliphatic heterocycles. The van der Waals surface area contributed by atoms with Gasteiger partial charge in [-0.3, -0.25) is 4.79 Å². The number of rotatable bonds is 3. The van der Waals surface area contributed by atoms with Crippen molar-refractivity contribution >= 4 is 11.9 Å². The lowest BCUT2D eigenvalue weighted by Crippen LogP contribution is -2.10. The molecule has 0 fully saturated rings. The number of nitrogens with zero attached hydrogens (tertiary/aromatic N) is 1. The average Bonchev–Trinajstić information content (AvgIpc) is 2.39. The van der Waals surface area contributed by atoms with Gasteiger partial charge >= 0.3 is 6.16 Å². The van der Waals surface area contributed by atoms with Crippen LogP contribution in [-0.4, -0.2) is 22.0 Å². The normalized spacial score (nSPS) is 9.78. The van der Waals surface area contributed by atoms with E-state index >= 15 is 0 Å². The lowest BCUT2D eigenvalue weighted by Gasteiger charge is -2.05. The molecule has 1 aromatic heterocycles. The Hall–Kier alpha value is -2.69. The van der Waals surface area contributed by atoms with Crippen LogP contribution in [0.25, 0.3) is 0 Å². The highest BCUT2D eigenvalue weighted by molar-refractivity contribution is 6.09. The SMILES string of the molecule is O=C(O)Oc1cccnc1C(=O)c1ccccc1. The summed E-state index contributed by atoms with van der Waals surface area (Å²) in [4.78, 5) is 26.5. The Labute approximate surface area is 103 Å². The van der Waals surface area contributed by atoms with Crippen LogP contribution in [-0.2, 0) is 0 Å². The van der Waals surface area contributed by atoms with Gasteiger partial charge in [0.15, 0.2) is 11.4 Å². The third-order valence-corrected chi connectivity index (χ3v) is 2.22. The molecule has 0 atom stereocenters. The number of pyridine rings is 1. The summed E-state index contributed by atoms with van der Waals surface area (Å²) < 4.78 is 4.52. The van der Waals surface area contributed by atoms with Crippen molar-refractivity contribution in [3.63, 3.8) is 0 Å². The third kappa shape index (κ3) is 2.52. The van der Waals surface area contributed by atoms with Crippen molar-refractivity contribution < 1.29 is 19.4 Å². The second kappa shape index (κ2) is 5.09. The van der Waals surface area contributed by atoms with Crippen LogP contribution in [0.1, 0.15) is 16.1 Å². The molecule has 1 heterocycles. The topological polar surface area (TPSA) is 76.5 Å². The molecular weight excluding hydrogens is 234 g/mol. The molecular formula is C13H9NO4. The second-order valence-corrected chi connectivity index (χ2v) is 3.41. The smallest absolute Gasteiger partial charge is 0.449 e. The Morgan fingerprint density at radius 1 is 1.06 bits per heavy atom. The summed E-state index contributed by atoms with van der Waals surface area (Å²) in [5, 5.41) is 8.58. The van der Waals surface area contributed by atoms with Crippen molar-refractivity contribution in [2.45, 2.75) is 0 Å². The van der Waals surface area contributed by atoms with Crippen molar-refractivity contribution in [1.82, 2.24) is 4.98 Å². The lowest BCUT2D eigenvalue weighted by molar-refractivity contribution is 0.102. The molecule has 1 N–H and O–H groups in total. The fourth-order valence-corrected chi connectivity index (χ4v) is 1.46. The summed E-state index contributed by atoms with van der Waals surface area (Å²) in [6.07, 6.45) is -0.0738. The summed E-state index contributed by atoms with van der Waals surface area (Å²) in [5.41, 5.74) is 0.400. The van der Waals surface area contributed by atoms with Crippen molar-refractivity contribution in [3.8, 4) is 5.75 Å². The summed E-state index contributed by atoms with van der Waals surface area (Å²) in [6, 6.07) is 11.4. The molecule has 2 aromatic rings. The molecule has 0 unspecified atom stereocenters. The highest BCUT2D eigenvalue weighted by atomic mass is 16.7. The van der Waals surface area contributed by atoms with E-state index in [0.717, 1.165) is 0 Å². The molecule has 0 spiro atoms. The summed E-state index contributed by atoms with van der Waals surface area (Å²) in [6.45, 7) is 0. The van der Waals surface area contributed by atoms with E-state index in [1.807, 2.05) is 0 Å². The number of carboxylic acid groups (broad SMARTS) is 1. The highest BCUT2D eigenvalue weighted by Gasteiger charge is 2.17. The van der Waals surface area contributed by atoms with E-state index in [2.05, 4.69) is 9.72 Å². The standard InChI is InChI=1S/C13H9NO4/c15-12(9-5-2-1-3-6-9)11-10(18-13(16)17)7-4-8-14-11/h1-8H,(H,16,17). The van der Waals surface area contributed by atoms with Crippen LogP contribution in [0.2, 0.25) is 0 Å². The Morgan fingerprint density at radius 3 is 2.44 bits per heavy atom. The largest absolute Gasteiger partial charge is 0.511 e. The summed E-state index contributed by atoms with van der Waals surface area (Å²) >= 11 is 0. The molecule has 0 bridgehead atoms. The number of ketones is 1. The van der Waals surface area contributed by atoms with Crippen LogP contribution in [0.5, 0.6) is 5.75 Å². The molecule has 0 amide bonds. The molecule has 5 heteroatoms. The summed E-state index contributed by atoms with van der Waals surface area (Å²) in [5.74, 6) is -0.452. The van der Waals surface area contributed by atoms with Gasteiger partial charge in [0.1, 0.15) is 0 Å². The fraction of sp³-hybridized carbons (Fsp3) is 0. The van der Waals surface area contributed by atoms with Gasteiger partial charge in [0.05, 0.1) is 0 Å². The predicted molar refractivity (Wildman–Crippen MR) is 62.8 cm³/mol. The highest BCUT2D eigenvalue weighted by Crippen LogP contribution is 2.19. The van der Waals surface area contributed by atoms with Gasteiger partial charge in [-0.15, -0.1) is 0 Å². The van der Waals surface area contributed by atoms with Crippen molar-refractivity contribution in [3.05, 3.63) is 59.9 Å². The maximum atomic E-state index is 12.1. The van der Waals surface area contributed by atoms with E-state index in [1.54, 1.807) is 30.3 Å². The van der Waals surface area contributed by atoms with Crippen LogP contribution in [0, 0.1) is 0 Å². The van der Waals surface area contributed by atoms with Crippen LogP contribution in [0.15, 0.2) is 48.7 Å². The van der Waals surface area contributed by atoms with Crippen LogP contribution >= 0.6 is 0 Å². The first-order valence-corrected chi connectivity index (χ1v) is 5.14. The zero-order valence-corrected chi connectivity index (χ0v) is 9.24. The number of aromatic nitrogens is 1. The Kier molecular flexibility index (Phi) is 3.33. The Morgan fingerprint density at radius 2 is 1.78 bits per heavy atom. The molecule has 18 heavy (non-hydrogen) atoms. The van der Waals surface area contributed by atoms with Gasteiger partial charge in [0.2, 0.25) is 5.78 Å². The molecule has 90 valence electrons. The molecule has 0 saturated heterocycles. The second-order valence-electron chi connectivity index (χ2n) is 3.41. The van der Waals surface area contributed by atoms with Crippen LogP contribution in [0.4, 0.5) is 4.79 Å². The number of hydrogen-bond donors (Lipinski definition) is 1. The average molecular weight is 243 g/mol. The Bertz CT molecular complexity index is 581. The van der Waals surface area contributed by atoms with E-state index in [9.17, 15) is 9.59 Å². The van der Waals surface area contributed by atoms with Gasteiger partial charge in [-0.1, -0.05) is 30.3 Å². The quantitative estimate of drug-likeness (QED) is 0.661. The van der Waals surface area contributed by atoms with E-state index in [-0.39, 0.29) is 17.2 Å². The van der Waals surface area contributed by atoms with Gasteiger partial charge in [-0.25, -0.2) is 9.78 Å². The number of ether oxygens (including phenoxy) is 1. The molecule has 0 radical (unpaired) electrons. The number of benzene rings is 1. The van der Waals surface area contributed by atoms with E-state index in [0.29, 0.717) is 5.56 Å². The van der Waals surface area contributed by atoms with Gasteiger partial charge in [-0.2, -0.15) is 0 Å². The van der Waals surface area contributed by atoms with Gasteiger partial charge < -0.3 is 9.84 Å². The zero-order chi connectivity index (χ0) is 13.0. The maximum Gasteiger partial charge on any atom is 0.511 e. The van der Waals surface area contributed by atoms with Crippen molar-refractivity contribution in [2.24, 2.45) is 0 Å². The first kappa shape index (κ1) is 11.8. The molecule has 2 rings (SSSR count). The van der Waals surface area contributed by atoms with E-state index in [4.69, 9.17) is 5.11 Å². The molecule has 0 saturated carbocycles. The first-order valence-electron chi connectivity index (χ1n) is 5.14. The molecule has 1 aromatic carbocycles. The Balaban J connectivity index is 2.39. The molecule has 0 aliphatic rings. The fourth-order valence-electron chi connectivity index (χ4n) is 1.46. The monoisotopic (exact) mass is 243 g/mol. The van der Waals surface area contributed by atoms with E-state index in [1.165, 1.54) is 18.3 Å². The van der Waals surface area contributed by atoms with Crippen LogP contribution < -0.4 is 4.74 Å². The minimum Gasteiger partial charge on any atom is -0.449 e. The number of carbonyl (C=O) groups is 2. The van der Waals surface area contributed by atoms with Crippen molar-refractivity contribution in [1.29, 1.82) is 0 Å². The molecule has 5 nitrogen and oxygen atoms in total. The predicted octanol–water partition coefficient (Wildman–Crippen LogP) is 2.37. The number of hydrogen-bond acceptors (Lipinski definition) is 4. The number of carbonyl (C=O) groups excluding carboxylic acids is 1. The third-order valence-electron chi connectivity index (χ3n) is 2.22. The van der Waals surface area contributed by atoms with Crippen LogP contribution in [0.3, 0.4) is 0 Å². The molecule has 0 aliphatic carbocycles. The summed E-state index contributed by atoms with van der Waals surface area (Å²) in [7, 11) is 0. The lowest BCUT2D eigenvalue weighted by atomic mass is 10.1. The van der Waals surface area contributed by atoms with E-state index < -0.39 is 6.16 Å². The van der Waals surface area contributed by atoms with Gasteiger partial charge in [-0.05, 0) is 12.1 Å². The zero-order valence-electron chi connectivity index (χ0n) is 9.24. The first-order chi connectivity index (χ1) is 8.68. The van der Waals surface area contributed by atoms with Crippen molar-refractivity contribution in [2.75, 3.05) is 0 Å². The minimum atomic E-state index is -1.48. The van der Waals surface area contributed by atoms with Gasteiger partial charge in [0, 0.05) is 11.8 Å². The maximum absolute atomic E-state index is 12.1. The van der Waals surface area contributed by atoms with Gasteiger partial charge in [0.25, 0.3) is 0 Å². The minimum absolute atomic E-state index is 0.0221.